The minimum atomic E-state index is 0.319. The molecular formula is C5H11N3O. The van der Waals surface area contributed by atoms with Crippen molar-refractivity contribution in [2.45, 2.75) is 20.4 Å². The van der Waals surface area contributed by atoms with Gasteiger partial charge in [-0.3, -0.25) is 0 Å². The average Bonchev–Trinajstić information content (AvgIpc) is 2.43. The zero-order chi connectivity index (χ0) is 7.11. The lowest BCUT2D eigenvalue weighted by Gasteiger charge is -1.75. The maximum atomic E-state index is 5.10. The Kier molecular flexibility index (Phi) is 4.72. The number of hydrogen-bond donors (Lipinski definition) is 1. The summed E-state index contributed by atoms with van der Waals surface area (Å²) < 4.78 is 4.64. The van der Waals surface area contributed by atoms with Crippen LogP contribution in [0.1, 0.15) is 19.7 Å². The van der Waals surface area contributed by atoms with Crippen LogP contribution in [0.25, 0.3) is 0 Å². The van der Waals surface area contributed by atoms with Gasteiger partial charge in [0.1, 0.15) is 0 Å². The molecule has 1 heterocycles. The number of nitrogens with zero attached hydrogens (tertiary/aromatic N) is 2. The van der Waals surface area contributed by atoms with Crippen molar-refractivity contribution < 1.29 is 4.42 Å². The molecule has 2 N–H and O–H groups in total. The smallest absolute Gasteiger partial charge is 0.229 e. The van der Waals surface area contributed by atoms with Crippen LogP contribution in [-0.4, -0.2) is 10.2 Å². The van der Waals surface area contributed by atoms with Crippen LogP contribution in [0.5, 0.6) is 0 Å². The first-order chi connectivity index (χ1) is 4.43. The van der Waals surface area contributed by atoms with Crippen LogP contribution >= 0.6 is 0 Å². The molecule has 9 heavy (non-hydrogen) atoms. The third-order valence-corrected chi connectivity index (χ3v) is 0.580. The molecule has 0 aliphatic heterocycles. The first-order valence-corrected chi connectivity index (χ1v) is 2.88. The van der Waals surface area contributed by atoms with Crippen LogP contribution in [0.2, 0.25) is 0 Å². The number of aromatic nitrogens is 2. The van der Waals surface area contributed by atoms with Gasteiger partial charge in [-0.2, -0.15) is 0 Å². The monoisotopic (exact) mass is 129 g/mol. The van der Waals surface area contributed by atoms with Gasteiger partial charge in [-0.1, -0.05) is 13.8 Å². The van der Waals surface area contributed by atoms with Crippen molar-refractivity contribution in [2.24, 2.45) is 5.73 Å². The van der Waals surface area contributed by atoms with Gasteiger partial charge in [0, 0.05) is 0 Å². The van der Waals surface area contributed by atoms with Gasteiger partial charge in [-0.25, -0.2) is 0 Å². The lowest BCUT2D eigenvalue weighted by molar-refractivity contribution is 0.496. The summed E-state index contributed by atoms with van der Waals surface area (Å²) in [5.41, 5.74) is 5.10. The summed E-state index contributed by atoms with van der Waals surface area (Å²) in [4.78, 5) is 0. The molecule has 4 heteroatoms. The molecule has 0 unspecified atom stereocenters. The van der Waals surface area contributed by atoms with E-state index >= 15 is 0 Å². The van der Waals surface area contributed by atoms with Crippen LogP contribution in [0.15, 0.2) is 10.8 Å². The van der Waals surface area contributed by atoms with Gasteiger partial charge in [0.15, 0.2) is 0 Å². The zero-order valence-corrected chi connectivity index (χ0v) is 5.66. The van der Waals surface area contributed by atoms with Gasteiger partial charge in [-0.15, -0.1) is 10.2 Å². The molecule has 0 radical (unpaired) electrons. The van der Waals surface area contributed by atoms with E-state index in [0.29, 0.717) is 12.4 Å². The Morgan fingerprint density at radius 3 is 2.56 bits per heavy atom. The second-order valence-corrected chi connectivity index (χ2v) is 1.04. The lowest BCUT2D eigenvalue weighted by atomic mass is 10.7. The van der Waals surface area contributed by atoms with Gasteiger partial charge in [0.25, 0.3) is 0 Å². The Hall–Kier alpha value is -0.900. The predicted octanol–water partition coefficient (Wildman–Crippen LogP) is 0.554. The topological polar surface area (TPSA) is 64.9 Å². The summed E-state index contributed by atoms with van der Waals surface area (Å²) in [7, 11) is 0. The molecule has 0 fully saturated rings. The van der Waals surface area contributed by atoms with Gasteiger partial charge in [0.05, 0.1) is 6.54 Å². The average molecular weight is 129 g/mol. The molecule has 0 amide bonds. The zero-order valence-electron chi connectivity index (χ0n) is 5.66. The summed E-state index contributed by atoms with van der Waals surface area (Å²) in [6.45, 7) is 4.32. The minimum absolute atomic E-state index is 0.319. The quantitative estimate of drug-likeness (QED) is 0.601. The SMILES string of the molecule is CC.NCc1nnco1. The normalized spacial score (nSPS) is 7.89. The van der Waals surface area contributed by atoms with Crippen LogP contribution in [0.3, 0.4) is 0 Å². The third-order valence-electron chi connectivity index (χ3n) is 0.580. The summed E-state index contributed by atoms with van der Waals surface area (Å²) in [5, 5.41) is 6.89. The molecule has 0 bridgehead atoms. The highest BCUT2D eigenvalue weighted by Crippen LogP contribution is 1.84. The highest BCUT2D eigenvalue weighted by Gasteiger charge is 1.88. The van der Waals surface area contributed by atoms with E-state index in [1.54, 1.807) is 0 Å². The van der Waals surface area contributed by atoms with Crippen molar-refractivity contribution in [3.63, 3.8) is 0 Å². The van der Waals surface area contributed by atoms with E-state index < -0.39 is 0 Å². The molecule has 0 spiro atoms. The Morgan fingerprint density at radius 2 is 2.33 bits per heavy atom. The lowest BCUT2D eigenvalue weighted by Crippen LogP contribution is -1.95. The summed E-state index contributed by atoms with van der Waals surface area (Å²) in [6.07, 6.45) is 1.25. The highest BCUT2D eigenvalue weighted by molar-refractivity contribution is 4.67. The van der Waals surface area contributed by atoms with Gasteiger partial charge in [0.2, 0.25) is 12.3 Å². The van der Waals surface area contributed by atoms with E-state index in [0.717, 1.165) is 0 Å². The Balaban J connectivity index is 0.000000291. The molecule has 0 atom stereocenters. The van der Waals surface area contributed by atoms with E-state index in [1.807, 2.05) is 13.8 Å². The van der Waals surface area contributed by atoms with E-state index in [1.165, 1.54) is 6.39 Å². The first kappa shape index (κ1) is 8.10. The summed E-state index contributed by atoms with van der Waals surface area (Å²) in [6, 6.07) is 0. The van der Waals surface area contributed by atoms with Crippen LogP contribution < -0.4 is 5.73 Å². The predicted molar refractivity (Wildman–Crippen MR) is 33.5 cm³/mol. The van der Waals surface area contributed by atoms with E-state index in [9.17, 15) is 0 Å². The molecule has 4 nitrogen and oxygen atoms in total. The number of rotatable bonds is 1. The molecule has 1 aromatic heterocycles. The van der Waals surface area contributed by atoms with E-state index in [4.69, 9.17) is 5.73 Å². The van der Waals surface area contributed by atoms with Crippen LogP contribution in [-0.2, 0) is 6.54 Å². The maximum Gasteiger partial charge on any atom is 0.229 e. The minimum Gasteiger partial charge on any atom is -0.427 e. The molecule has 0 saturated heterocycles. The largest absolute Gasteiger partial charge is 0.427 e. The first-order valence-electron chi connectivity index (χ1n) is 2.88. The standard InChI is InChI=1S/C3H5N3O.C2H6/c4-1-3-6-5-2-7-3;1-2/h2H,1,4H2;1-2H3. The van der Waals surface area contributed by atoms with E-state index in [2.05, 4.69) is 14.6 Å². The molecule has 52 valence electrons. The van der Waals surface area contributed by atoms with Crippen molar-refractivity contribution in [1.29, 1.82) is 0 Å². The summed E-state index contributed by atoms with van der Waals surface area (Å²) in [5.74, 6) is 0.472. The molecule has 0 aromatic carbocycles. The summed E-state index contributed by atoms with van der Waals surface area (Å²) >= 11 is 0. The maximum absolute atomic E-state index is 5.10. The van der Waals surface area contributed by atoms with Crippen molar-refractivity contribution in [1.82, 2.24) is 10.2 Å². The van der Waals surface area contributed by atoms with Crippen molar-refractivity contribution in [3.8, 4) is 0 Å². The van der Waals surface area contributed by atoms with Crippen molar-refractivity contribution >= 4 is 0 Å². The molecule has 1 aromatic rings. The second kappa shape index (κ2) is 5.24. The van der Waals surface area contributed by atoms with Crippen molar-refractivity contribution in [2.75, 3.05) is 0 Å². The number of nitrogens with two attached hydrogens (primary N) is 1. The fraction of sp³-hybridized carbons (Fsp3) is 0.600. The highest BCUT2D eigenvalue weighted by atomic mass is 16.4. The van der Waals surface area contributed by atoms with Crippen molar-refractivity contribution in [3.05, 3.63) is 12.3 Å². The van der Waals surface area contributed by atoms with Crippen LogP contribution in [0.4, 0.5) is 0 Å². The second-order valence-electron chi connectivity index (χ2n) is 1.04. The Labute approximate surface area is 54.1 Å². The molecular weight excluding hydrogens is 118 g/mol. The molecule has 0 aliphatic rings. The molecule has 1 rings (SSSR count). The fourth-order valence-electron chi connectivity index (χ4n) is 0.285. The third kappa shape index (κ3) is 2.81. The van der Waals surface area contributed by atoms with Crippen LogP contribution in [0, 0.1) is 0 Å². The van der Waals surface area contributed by atoms with E-state index in [-0.39, 0.29) is 0 Å². The van der Waals surface area contributed by atoms with Gasteiger partial charge >= 0.3 is 0 Å². The van der Waals surface area contributed by atoms with Gasteiger partial charge < -0.3 is 10.2 Å². The molecule has 0 aliphatic carbocycles. The Bertz CT molecular complexity index is 127. The van der Waals surface area contributed by atoms with Gasteiger partial charge in [-0.05, 0) is 0 Å². The number of hydrogen-bond acceptors (Lipinski definition) is 4. The fourth-order valence-corrected chi connectivity index (χ4v) is 0.285. The molecule has 0 saturated carbocycles. The Morgan fingerprint density at radius 1 is 1.67 bits per heavy atom.